The van der Waals surface area contributed by atoms with E-state index in [-0.39, 0.29) is 0 Å². The Bertz CT molecular complexity index is 78.0. The van der Waals surface area contributed by atoms with Crippen molar-refractivity contribution in [1.82, 2.24) is 0 Å². The fraction of sp³-hybridized carbons (Fsp3) is 1.00. The molecule has 0 radical (unpaired) electrons. The van der Waals surface area contributed by atoms with E-state index in [0.29, 0.717) is 0 Å². The molecule has 0 aromatic rings. The Labute approximate surface area is 58.7 Å². The van der Waals surface area contributed by atoms with E-state index < -0.39 is 0 Å². The molecular weight excluding hydrogens is 108 g/mol. The SMILES string of the molecule is CCC(C(C)C)C1CC1. The molecule has 1 fully saturated rings. The number of hydrogen-bond donors (Lipinski definition) is 0. The lowest BCUT2D eigenvalue weighted by Crippen LogP contribution is -2.08. The van der Waals surface area contributed by atoms with Gasteiger partial charge in [0, 0.05) is 0 Å². The molecular formula is C9H18. The van der Waals surface area contributed by atoms with Crippen LogP contribution >= 0.6 is 0 Å². The van der Waals surface area contributed by atoms with E-state index in [1.54, 1.807) is 0 Å². The Balaban J connectivity index is 2.28. The molecule has 0 amide bonds. The van der Waals surface area contributed by atoms with Crippen molar-refractivity contribution in [2.24, 2.45) is 17.8 Å². The van der Waals surface area contributed by atoms with Crippen LogP contribution in [0, 0.1) is 17.8 Å². The van der Waals surface area contributed by atoms with Crippen LogP contribution in [-0.2, 0) is 0 Å². The van der Waals surface area contributed by atoms with Gasteiger partial charge in [0.2, 0.25) is 0 Å². The van der Waals surface area contributed by atoms with Crippen molar-refractivity contribution < 1.29 is 0 Å². The van der Waals surface area contributed by atoms with Gasteiger partial charge in [-0.15, -0.1) is 0 Å². The summed E-state index contributed by atoms with van der Waals surface area (Å²) in [7, 11) is 0. The van der Waals surface area contributed by atoms with Crippen molar-refractivity contribution in [3.8, 4) is 0 Å². The molecule has 0 bridgehead atoms. The van der Waals surface area contributed by atoms with Gasteiger partial charge < -0.3 is 0 Å². The second-order valence-corrected chi connectivity index (χ2v) is 3.65. The van der Waals surface area contributed by atoms with Crippen molar-refractivity contribution in [3.05, 3.63) is 0 Å². The average molecular weight is 126 g/mol. The van der Waals surface area contributed by atoms with Gasteiger partial charge in [0.25, 0.3) is 0 Å². The zero-order valence-electron chi connectivity index (χ0n) is 6.85. The molecule has 9 heavy (non-hydrogen) atoms. The second kappa shape index (κ2) is 2.72. The summed E-state index contributed by atoms with van der Waals surface area (Å²) in [6, 6.07) is 0. The quantitative estimate of drug-likeness (QED) is 0.545. The van der Waals surface area contributed by atoms with E-state index in [1.165, 1.54) is 19.3 Å². The third kappa shape index (κ3) is 1.70. The first-order valence-electron chi connectivity index (χ1n) is 4.25. The third-order valence-corrected chi connectivity index (χ3v) is 2.56. The average Bonchev–Trinajstić information content (AvgIpc) is 2.50. The highest BCUT2D eigenvalue weighted by Gasteiger charge is 2.31. The molecule has 0 aromatic heterocycles. The van der Waals surface area contributed by atoms with E-state index in [1.807, 2.05) is 0 Å². The van der Waals surface area contributed by atoms with Gasteiger partial charge in [0.1, 0.15) is 0 Å². The van der Waals surface area contributed by atoms with Crippen LogP contribution in [0.25, 0.3) is 0 Å². The molecule has 0 spiro atoms. The molecule has 0 saturated heterocycles. The standard InChI is InChI=1S/C9H18/c1-4-9(7(2)3)8-5-6-8/h7-9H,4-6H2,1-3H3. The molecule has 1 unspecified atom stereocenters. The van der Waals surface area contributed by atoms with E-state index >= 15 is 0 Å². The highest BCUT2D eigenvalue weighted by atomic mass is 14.4. The van der Waals surface area contributed by atoms with Crippen LogP contribution in [0.2, 0.25) is 0 Å². The van der Waals surface area contributed by atoms with Gasteiger partial charge in [-0.05, 0) is 30.6 Å². The molecule has 0 N–H and O–H groups in total. The molecule has 1 saturated carbocycles. The zero-order chi connectivity index (χ0) is 6.85. The summed E-state index contributed by atoms with van der Waals surface area (Å²) < 4.78 is 0. The molecule has 1 aliphatic rings. The van der Waals surface area contributed by atoms with Gasteiger partial charge >= 0.3 is 0 Å². The van der Waals surface area contributed by atoms with Crippen LogP contribution in [-0.4, -0.2) is 0 Å². The largest absolute Gasteiger partial charge is 0.0651 e. The Morgan fingerprint density at radius 1 is 1.33 bits per heavy atom. The van der Waals surface area contributed by atoms with Gasteiger partial charge in [-0.3, -0.25) is 0 Å². The van der Waals surface area contributed by atoms with Crippen LogP contribution in [0.15, 0.2) is 0 Å². The topological polar surface area (TPSA) is 0 Å². The summed E-state index contributed by atoms with van der Waals surface area (Å²) in [5, 5.41) is 0. The maximum Gasteiger partial charge on any atom is -0.0365 e. The molecule has 0 heteroatoms. The molecule has 0 aliphatic heterocycles. The first-order chi connectivity index (χ1) is 4.25. The van der Waals surface area contributed by atoms with Gasteiger partial charge in [-0.25, -0.2) is 0 Å². The summed E-state index contributed by atoms with van der Waals surface area (Å²) in [6.07, 6.45) is 4.41. The maximum absolute atomic E-state index is 2.35. The fourth-order valence-corrected chi connectivity index (χ4v) is 1.87. The van der Waals surface area contributed by atoms with Crippen molar-refractivity contribution in [2.75, 3.05) is 0 Å². The monoisotopic (exact) mass is 126 g/mol. The lowest BCUT2D eigenvalue weighted by molar-refractivity contribution is 0.329. The number of hydrogen-bond acceptors (Lipinski definition) is 0. The molecule has 1 rings (SSSR count). The van der Waals surface area contributed by atoms with Crippen LogP contribution in [0.3, 0.4) is 0 Å². The van der Waals surface area contributed by atoms with Crippen LogP contribution in [0.4, 0.5) is 0 Å². The van der Waals surface area contributed by atoms with Crippen molar-refractivity contribution >= 4 is 0 Å². The smallest absolute Gasteiger partial charge is 0.0365 e. The van der Waals surface area contributed by atoms with E-state index in [9.17, 15) is 0 Å². The van der Waals surface area contributed by atoms with Crippen molar-refractivity contribution in [3.63, 3.8) is 0 Å². The Hall–Kier alpha value is 0. The van der Waals surface area contributed by atoms with Crippen molar-refractivity contribution in [2.45, 2.75) is 40.0 Å². The van der Waals surface area contributed by atoms with Gasteiger partial charge in [-0.1, -0.05) is 27.2 Å². The van der Waals surface area contributed by atoms with Crippen molar-refractivity contribution in [1.29, 1.82) is 0 Å². The van der Waals surface area contributed by atoms with Gasteiger partial charge in [-0.2, -0.15) is 0 Å². The minimum Gasteiger partial charge on any atom is -0.0651 e. The van der Waals surface area contributed by atoms with E-state index in [4.69, 9.17) is 0 Å². The van der Waals surface area contributed by atoms with Crippen LogP contribution < -0.4 is 0 Å². The molecule has 0 nitrogen and oxygen atoms in total. The predicted molar refractivity (Wildman–Crippen MR) is 41.3 cm³/mol. The Morgan fingerprint density at radius 3 is 2.00 bits per heavy atom. The fourth-order valence-electron chi connectivity index (χ4n) is 1.87. The highest BCUT2D eigenvalue weighted by Crippen LogP contribution is 2.41. The predicted octanol–water partition coefficient (Wildman–Crippen LogP) is 3.08. The first-order valence-corrected chi connectivity index (χ1v) is 4.25. The molecule has 0 heterocycles. The summed E-state index contributed by atoms with van der Waals surface area (Å²) >= 11 is 0. The molecule has 54 valence electrons. The Kier molecular flexibility index (Phi) is 2.15. The lowest BCUT2D eigenvalue weighted by Gasteiger charge is -2.17. The van der Waals surface area contributed by atoms with Crippen LogP contribution in [0.1, 0.15) is 40.0 Å². The van der Waals surface area contributed by atoms with Gasteiger partial charge in [0.15, 0.2) is 0 Å². The van der Waals surface area contributed by atoms with E-state index in [2.05, 4.69) is 20.8 Å². The Morgan fingerprint density at radius 2 is 1.89 bits per heavy atom. The third-order valence-electron chi connectivity index (χ3n) is 2.56. The maximum atomic E-state index is 2.35. The lowest BCUT2D eigenvalue weighted by atomic mass is 9.89. The van der Waals surface area contributed by atoms with Crippen LogP contribution in [0.5, 0.6) is 0 Å². The minimum absolute atomic E-state index is 0.919. The second-order valence-electron chi connectivity index (χ2n) is 3.65. The normalized spacial score (nSPS) is 22.7. The summed E-state index contributed by atoms with van der Waals surface area (Å²) in [5.41, 5.74) is 0. The number of rotatable bonds is 3. The van der Waals surface area contributed by atoms with Gasteiger partial charge in [0.05, 0.1) is 0 Å². The molecule has 1 atom stereocenters. The highest BCUT2D eigenvalue weighted by molar-refractivity contribution is 4.81. The summed E-state index contributed by atoms with van der Waals surface area (Å²) in [5.74, 6) is 3.06. The zero-order valence-corrected chi connectivity index (χ0v) is 6.85. The summed E-state index contributed by atoms with van der Waals surface area (Å²) in [6.45, 7) is 7.03. The first kappa shape index (κ1) is 7.11. The summed E-state index contributed by atoms with van der Waals surface area (Å²) in [4.78, 5) is 0. The minimum atomic E-state index is 0.919. The molecule has 1 aliphatic carbocycles. The molecule has 0 aromatic carbocycles. The van der Waals surface area contributed by atoms with E-state index in [0.717, 1.165) is 17.8 Å².